The number of fused-ring (bicyclic) bond motifs is 1. The fraction of sp³-hybridized carbons (Fsp3) is 0.227. The highest BCUT2D eigenvalue weighted by atomic mass is 16.6. The zero-order chi connectivity index (χ0) is 20.1. The molecule has 0 saturated carbocycles. The zero-order valence-electron chi connectivity index (χ0n) is 16.0. The number of aryl methyl sites for hydroxylation is 1. The summed E-state index contributed by atoms with van der Waals surface area (Å²) >= 11 is 0. The maximum atomic E-state index is 12.0. The molecule has 0 atom stereocenters. The number of nitrogens with zero attached hydrogens (tertiary/aromatic N) is 2. The van der Waals surface area contributed by atoms with Crippen LogP contribution in [-0.2, 0) is 22.6 Å². The molecule has 1 aliphatic heterocycles. The SMILES string of the molecule is CCc1ccc(-c2noc(COC(=O)/C=C/c3ccc4c(c3)OCCO4)n2)cc1. The van der Waals surface area contributed by atoms with Crippen LogP contribution in [0.25, 0.3) is 17.5 Å². The average Bonchev–Trinajstić information content (AvgIpc) is 3.25. The van der Waals surface area contributed by atoms with Gasteiger partial charge in [-0.25, -0.2) is 4.79 Å². The van der Waals surface area contributed by atoms with Gasteiger partial charge in [-0.3, -0.25) is 0 Å². The summed E-state index contributed by atoms with van der Waals surface area (Å²) in [5.41, 5.74) is 2.89. The number of carbonyl (C=O) groups excluding carboxylic acids is 1. The second-order valence-corrected chi connectivity index (χ2v) is 6.41. The Morgan fingerprint density at radius 1 is 1.10 bits per heavy atom. The first-order valence-electron chi connectivity index (χ1n) is 9.37. The summed E-state index contributed by atoms with van der Waals surface area (Å²) in [6, 6.07) is 13.4. The van der Waals surface area contributed by atoms with E-state index in [9.17, 15) is 4.79 Å². The Bertz CT molecular complexity index is 1020. The zero-order valence-corrected chi connectivity index (χ0v) is 16.0. The lowest BCUT2D eigenvalue weighted by Crippen LogP contribution is -2.15. The first-order valence-corrected chi connectivity index (χ1v) is 9.37. The Morgan fingerprint density at radius 3 is 2.69 bits per heavy atom. The molecule has 0 aliphatic carbocycles. The Labute approximate surface area is 167 Å². The second-order valence-electron chi connectivity index (χ2n) is 6.41. The molecule has 0 fully saturated rings. The van der Waals surface area contributed by atoms with Crippen molar-refractivity contribution in [2.24, 2.45) is 0 Å². The maximum absolute atomic E-state index is 12.0. The normalized spacial score (nSPS) is 12.9. The van der Waals surface area contributed by atoms with Crippen molar-refractivity contribution < 1.29 is 23.5 Å². The highest BCUT2D eigenvalue weighted by Gasteiger charge is 2.12. The summed E-state index contributed by atoms with van der Waals surface area (Å²) in [6.45, 7) is 3.05. The summed E-state index contributed by atoms with van der Waals surface area (Å²) < 4.78 is 21.3. The monoisotopic (exact) mass is 392 g/mol. The van der Waals surface area contributed by atoms with Crippen LogP contribution in [0.4, 0.5) is 0 Å². The molecule has 7 nitrogen and oxygen atoms in total. The van der Waals surface area contributed by atoms with E-state index < -0.39 is 5.97 Å². The molecular formula is C22H20N2O5. The van der Waals surface area contributed by atoms with E-state index in [2.05, 4.69) is 17.1 Å². The van der Waals surface area contributed by atoms with E-state index in [-0.39, 0.29) is 12.5 Å². The Balaban J connectivity index is 1.32. The van der Waals surface area contributed by atoms with Gasteiger partial charge in [-0.2, -0.15) is 4.98 Å². The number of aromatic nitrogens is 2. The summed E-state index contributed by atoms with van der Waals surface area (Å²) in [5.74, 6) is 1.56. The van der Waals surface area contributed by atoms with Crippen LogP contribution in [0.3, 0.4) is 0 Å². The molecule has 0 N–H and O–H groups in total. The van der Waals surface area contributed by atoms with Crippen LogP contribution in [0.2, 0.25) is 0 Å². The van der Waals surface area contributed by atoms with Gasteiger partial charge in [-0.05, 0) is 35.8 Å². The van der Waals surface area contributed by atoms with Gasteiger partial charge in [-0.1, -0.05) is 42.4 Å². The predicted octanol–water partition coefficient (Wildman–Crippen LogP) is 3.83. The molecule has 7 heteroatoms. The average molecular weight is 392 g/mol. The van der Waals surface area contributed by atoms with Gasteiger partial charge in [-0.15, -0.1) is 0 Å². The van der Waals surface area contributed by atoms with Crippen LogP contribution in [0, 0.1) is 0 Å². The van der Waals surface area contributed by atoms with Gasteiger partial charge in [0, 0.05) is 11.6 Å². The van der Waals surface area contributed by atoms with Gasteiger partial charge in [0.05, 0.1) is 0 Å². The van der Waals surface area contributed by atoms with Crippen LogP contribution in [0.1, 0.15) is 23.9 Å². The minimum Gasteiger partial charge on any atom is -0.486 e. The summed E-state index contributed by atoms with van der Waals surface area (Å²) in [6.07, 6.45) is 3.95. The standard InChI is InChI=1S/C22H20N2O5/c1-2-15-3-7-17(8-4-15)22-23-20(29-24-22)14-28-21(25)10-6-16-5-9-18-19(13-16)27-12-11-26-18/h3-10,13H,2,11-12,14H2,1H3/b10-6+. The maximum Gasteiger partial charge on any atom is 0.331 e. The van der Waals surface area contributed by atoms with E-state index in [0.29, 0.717) is 30.5 Å². The smallest absolute Gasteiger partial charge is 0.331 e. The minimum atomic E-state index is -0.507. The van der Waals surface area contributed by atoms with Crippen LogP contribution in [0.15, 0.2) is 53.1 Å². The van der Waals surface area contributed by atoms with Crippen LogP contribution in [0.5, 0.6) is 11.5 Å². The molecule has 2 heterocycles. The lowest BCUT2D eigenvalue weighted by atomic mass is 10.1. The number of esters is 1. The second kappa shape index (κ2) is 8.60. The van der Waals surface area contributed by atoms with Gasteiger partial charge in [0.2, 0.25) is 5.82 Å². The van der Waals surface area contributed by atoms with Crippen LogP contribution >= 0.6 is 0 Å². The highest BCUT2D eigenvalue weighted by molar-refractivity contribution is 5.87. The molecule has 3 aromatic rings. The molecule has 0 saturated heterocycles. The van der Waals surface area contributed by atoms with E-state index in [1.165, 1.54) is 11.6 Å². The number of hydrogen-bond acceptors (Lipinski definition) is 7. The van der Waals surface area contributed by atoms with Crippen molar-refractivity contribution in [3.05, 3.63) is 65.6 Å². The van der Waals surface area contributed by atoms with E-state index >= 15 is 0 Å². The van der Waals surface area contributed by atoms with E-state index in [0.717, 1.165) is 17.5 Å². The largest absolute Gasteiger partial charge is 0.486 e. The fourth-order valence-corrected chi connectivity index (χ4v) is 2.83. The van der Waals surface area contributed by atoms with E-state index in [1.807, 2.05) is 42.5 Å². The fourth-order valence-electron chi connectivity index (χ4n) is 2.83. The number of hydrogen-bond donors (Lipinski definition) is 0. The number of benzene rings is 2. The molecule has 0 amide bonds. The summed E-state index contributed by atoms with van der Waals surface area (Å²) in [5, 5.41) is 3.93. The Kier molecular flexibility index (Phi) is 5.56. The molecule has 1 aliphatic rings. The van der Waals surface area contributed by atoms with Crippen molar-refractivity contribution in [1.82, 2.24) is 10.1 Å². The lowest BCUT2D eigenvalue weighted by Gasteiger charge is -2.18. The van der Waals surface area contributed by atoms with Crippen molar-refractivity contribution in [2.75, 3.05) is 13.2 Å². The van der Waals surface area contributed by atoms with Gasteiger partial charge in [0.15, 0.2) is 18.1 Å². The third kappa shape index (κ3) is 4.63. The van der Waals surface area contributed by atoms with E-state index in [4.69, 9.17) is 18.7 Å². The molecule has 148 valence electrons. The quantitative estimate of drug-likeness (QED) is 0.466. The van der Waals surface area contributed by atoms with Crippen molar-refractivity contribution in [3.8, 4) is 22.9 Å². The third-order valence-electron chi connectivity index (χ3n) is 4.40. The third-order valence-corrected chi connectivity index (χ3v) is 4.40. The van der Waals surface area contributed by atoms with Crippen LogP contribution in [-0.4, -0.2) is 29.3 Å². The summed E-state index contributed by atoms with van der Waals surface area (Å²) in [7, 11) is 0. The van der Waals surface area contributed by atoms with Crippen molar-refractivity contribution in [1.29, 1.82) is 0 Å². The van der Waals surface area contributed by atoms with Gasteiger partial charge < -0.3 is 18.7 Å². The Morgan fingerprint density at radius 2 is 1.90 bits per heavy atom. The van der Waals surface area contributed by atoms with Crippen molar-refractivity contribution in [2.45, 2.75) is 20.0 Å². The predicted molar refractivity (Wildman–Crippen MR) is 105 cm³/mol. The molecular weight excluding hydrogens is 372 g/mol. The molecule has 0 unspecified atom stereocenters. The molecule has 29 heavy (non-hydrogen) atoms. The molecule has 1 aromatic heterocycles. The van der Waals surface area contributed by atoms with E-state index in [1.54, 1.807) is 6.08 Å². The lowest BCUT2D eigenvalue weighted by molar-refractivity contribution is -0.139. The highest BCUT2D eigenvalue weighted by Crippen LogP contribution is 2.31. The van der Waals surface area contributed by atoms with Gasteiger partial charge in [0.1, 0.15) is 13.2 Å². The van der Waals surface area contributed by atoms with Crippen molar-refractivity contribution in [3.63, 3.8) is 0 Å². The van der Waals surface area contributed by atoms with Gasteiger partial charge in [0.25, 0.3) is 5.89 Å². The topological polar surface area (TPSA) is 83.7 Å². The molecule has 0 radical (unpaired) electrons. The first-order chi connectivity index (χ1) is 14.2. The molecule has 0 spiro atoms. The van der Waals surface area contributed by atoms with Crippen molar-refractivity contribution >= 4 is 12.0 Å². The van der Waals surface area contributed by atoms with Crippen LogP contribution < -0.4 is 9.47 Å². The number of carbonyl (C=O) groups is 1. The first kappa shape index (κ1) is 18.7. The molecule has 0 bridgehead atoms. The number of rotatable bonds is 6. The molecule has 4 rings (SSSR count). The van der Waals surface area contributed by atoms with Gasteiger partial charge >= 0.3 is 5.97 Å². The number of ether oxygens (including phenoxy) is 3. The molecule has 2 aromatic carbocycles. The minimum absolute atomic E-state index is 0.0929. The summed E-state index contributed by atoms with van der Waals surface area (Å²) in [4.78, 5) is 16.2. The Hall–Kier alpha value is -3.61.